The molecule has 2 N–H and O–H groups in total. The van der Waals surface area contributed by atoms with Gasteiger partial charge >= 0.3 is 0 Å². The van der Waals surface area contributed by atoms with Crippen molar-refractivity contribution in [1.82, 2.24) is 25.3 Å². The molecule has 3 heterocycles. The molecule has 0 bridgehead atoms. The summed E-state index contributed by atoms with van der Waals surface area (Å²) >= 11 is 0. The van der Waals surface area contributed by atoms with E-state index < -0.39 is 9.84 Å². The molecule has 6 atom stereocenters. The molecule has 35 heavy (non-hydrogen) atoms. The van der Waals surface area contributed by atoms with Crippen molar-refractivity contribution in [3.05, 3.63) is 0 Å². The van der Waals surface area contributed by atoms with E-state index in [9.17, 15) is 18.0 Å². The van der Waals surface area contributed by atoms with Gasteiger partial charge in [0.1, 0.15) is 15.9 Å². The first-order chi connectivity index (χ1) is 16.6. The van der Waals surface area contributed by atoms with Crippen molar-refractivity contribution < 1.29 is 18.0 Å². The summed E-state index contributed by atoms with van der Waals surface area (Å²) in [5.74, 6) is 1.29. The molecule has 3 saturated heterocycles. The van der Waals surface area contributed by atoms with Crippen LogP contribution >= 0.6 is 0 Å². The maximum Gasteiger partial charge on any atom is 0.241 e. The van der Waals surface area contributed by atoms with Crippen LogP contribution in [0, 0.1) is 11.8 Å². The molecule has 2 saturated carbocycles. The predicted molar refractivity (Wildman–Crippen MR) is 134 cm³/mol. The van der Waals surface area contributed by atoms with Crippen molar-refractivity contribution in [2.45, 2.75) is 94.4 Å². The molecular weight excluding hydrogens is 466 g/mol. The summed E-state index contributed by atoms with van der Waals surface area (Å²) in [6, 6.07) is -0.0479. The van der Waals surface area contributed by atoms with E-state index in [1.54, 1.807) is 6.92 Å². The van der Waals surface area contributed by atoms with E-state index in [1.807, 2.05) is 4.90 Å². The van der Waals surface area contributed by atoms with E-state index in [4.69, 9.17) is 0 Å². The Morgan fingerprint density at radius 2 is 1.66 bits per heavy atom. The first-order valence-electron chi connectivity index (χ1n) is 13.6. The highest BCUT2D eigenvalue weighted by Gasteiger charge is 2.49. The normalized spacial score (nSPS) is 40.8. The minimum absolute atomic E-state index is 0.0186. The third kappa shape index (κ3) is 5.00. The predicted octanol–water partition coefficient (Wildman–Crippen LogP) is 0.409. The maximum atomic E-state index is 13.9. The Balaban J connectivity index is 1.31. The van der Waals surface area contributed by atoms with Gasteiger partial charge < -0.3 is 15.1 Å². The number of piperazine rings is 2. The van der Waals surface area contributed by atoms with Gasteiger partial charge in [0.05, 0.1) is 23.5 Å². The number of hydrogen-bond acceptors (Lipinski definition) is 7. The molecule has 5 aliphatic rings. The summed E-state index contributed by atoms with van der Waals surface area (Å²) in [4.78, 5) is 33.1. The minimum Gasteiger partial charge on any atom is -0.334 e. The Bertz CT molecular complexity index is 907. The Morgan fingerprint density at radius 3 is 2.31 bits per heavy atom. The summed E-state index contributed by atoms with van der Waals surface area (Å²) in [7, 11) is -2.97. The van der Waals surface area contributed by atoms with E-state index >= 15 is 0 Å². The van der Waals surface area contributed by atoms with Gasteiger partial charge in [-0.3, -0.25) is 19.8 Å². The summed E-state index contributed by atoms with van der Waals surface area (Å²) < 4.78 is 24.1. The Kier molecular flexibility index (Phi) is 7.20. The van der Waals surface area contributed by atoms with Crippen molar-refractivity contribution in [3.8, 4) is 0 Å². The molecule has 2 aliphatic carbocycles. The van der Waals surface area contributed by atoms with Gasteiger partial charge in [0.2, 0.25) is 11.8 Å². The van der Waals surface area contributed by atoms with Crippen LogP contribution < -0.4 is 10.6 Å². The molecule has 10 heteroatoms. The van der Waals surface area contributed by atoms with Gasteiger partial charge in [0, 0.05) is 51.9 Å². The molecule has 0 aromatic rings. The number of amides is 2. The Labute approximate surface area is 210 Å². The van der Waals surface area contributed by atoms with E-state index in [2.05, 4.69) is 27.4 Å². The van der Waals surface area contributed by atoms with Crippen molar-refractivity contribution >= 4 is 21.7 Å². The van der Waals surface area contributed by atoms with Gasteiger partial charge in [-0.1, -0.05) is 0 Å². The topological polar surface area (TPSA) is 102 Å². The number of carbonyl (C=O) groups is 2. The van der Waals surface area contributed by atoms with Gasteiger partial charge in [-0.25, -0.2) is 8.42 Å². The van der Waals surface area contributed by atoms with Gasteiger partial charge in [-0.2, -0.15) is 0 Å². The summed E-state index contributed by atoms with van der Waals surface area (Å²) in [6.07, 6.45) is 7.89. The highest BCUT2D eigenvalue weighted by molar-refractivity contribution is 7.91. The lowest BCUT2D eigenvalue weighted by atomic mass is 9.69. The lowest BCUT2D eigenvalue weighted by Gasteiger charge is -2.55. The quantitative estimate of drug-likeness (QED) is 0.568. The van der Waals surface area contributed by atoms with Gasteiger partial charge in [-0.15, -0.1) is 0 Å². The highest BCUT2D eigenvalue weighted by Crippen LogP contribution is 2.43. The van der Waals surface area contributed by atoms with Crippen molar-refractivity contribution in [3.63, 3.8) is 0 Å². The number of nitrogens with one attached hydrogen (secondary N) is 2. The van der Waals surface area contributed by atoms with Gasteiger partial charge in [0.25, 0.3) is 0 Å². The van der Waals surface area contributed by atoms with E-state index in [0.29, 0.717) is 18.4 Å². The van der Waals surface area contributed by atoms with E-state index in [0.717, 1.165) is 71.1 Å². The molecule has 5 fully saturated rings. The molecule has 5 rings (SSSR count). The maximum absolute atomic E-state index is 13.9. The average Bonchev–Trinajstić information content (AvgIpc) is 3.26. The first kappa shape index (κ1) is 25.4. The molecule has 0 radical (unpaired) electrons. The molecular formula is C25H43N5O4S. The van der Waals surface area contributed by atoms with Crippen molar-refractivity contribution in [2.24, 2.45) is 11.8 Å². The SMILES string of the molecule is CC(=O)N1C2CCC(C3CCC(S(C)(=O)=O)CC3)CC2N(C(=O)C2CN3CCNCC3N2)C[C@@H]1C. The highest BCUT2D eigenvalue weighted by atomic mass is 32.2. The number of rotatable bonds is 3. The van der Waals surface area contributed by atoms with Gasteiger partial charge in [-0.05, 0) is 63.7 Å². The number of hydrogen-bond donors (Lipinski definition) is 2. The second kappa shape index (κ2) is 9.91. The summed E-state index contributed by atoms with van der Waals surface area (Å²) in [6.45, 7) is 7.86. The van der Waals surface area contributed by atoms with Crippen LogP contribution in [0.4, 0.5) is 0 Å². The molecule has 2 amide bonds. The van der Waals surface area contributed by atoms with Crippen LogP contribution in [0.3, 0.4) is 0 Å². The second-order valence-corrected chi connectivity index (χ2v) is 14.1. The fourth-order valence-corrected chi connectivity index (χ4v) is 9.00. The fraction of sp³-hybridized carbons (Fsp3) is 0.920. The molecule has 9 nitrogen and oxygen atoms in total. The Hall–Kier alpha value is -1.23. The monoisotopic (exact) mass is 509 g/mol. The molecule has 0 spiro atoms. The van der Waals surface area contributed by atoms with Gasteiger partial charge in [0.15, 0.2) is 0 Å². The van der Waals surface area contributed by atoms with E-state index in [-0.39, 0.29) is 47.4 Å². The van der Waals surface area contributed by atoms with Crippen LogP contribution in [0.1, 0.15) is 58.8 Å². The van der Waals surface area contributed by atoms with Crippen LogP contribution in [0.5, 0.6) is 0 Å². The lowest BCUT2D eigenvalue weighted by Crippen LogP contribution is -2.68. The zero-order chi connectivity index (χ0) is 24.9. The first-order valence-corrected chi connectivity index (χ1v) is 15.6. The largest absolute Gasteiger partial charge is 0.334 e. The Morgan fingerprint density at radius 1 is 0.943 bits per heavy atom. The number of nitrogens with zero attached hydrogens (tertiary/aromatic N) is 3. The smallest absolute Gasteiger partial charge is 0.241 e. The molecule has 198 valence electrons. The number of sulfone groups is 1. The van der Waals surface area contributed by atoms with Crippen LogP contribution in [0.15, 0.2) is 0 Å². The second-order valence-electron chi connectivity index (χ2n) is 11.8. The average molecular weight is 510 g/mol. The van der Waals surface area contributed by atoms with E-state index in [1.165, 1.54) is 6.26 Å². The summed E-state index contributed by atoms with van der Waals surface area (Å²) in [5, 5.41) is 6.78. The van der Waals surface area contributed by atoms with Crippen LogP contribution in [-0.2, 0) is 19.4 Å². The molecule has 0 aromatic heterocycles. The van der Waals surface area contributed by atoms with Crippen LogP contribution in [0.25, 0.3) is 0 Å². The van der Waals surface area contributed by atoms with Crippen LogP contribution in [0.2, 0.25) is 0 Å². The van der Waals surface area contributed by atoms with Crippen molar-refractivity contribution in [2.75, 3.05) is 39.0 Å². The standard InChI is InChI=1S/C25H43N5O4S/c1-16-14-29(25(32)21-15-28-11-10-26-13-24(28)27-21)23-12-19(6-9-22(23)30(16)17(2)31)18-4-7-20(8-5-18)35(3,33)34/h16,18-24,26-27H,4-15H2,1-3H3/t16-,18?,19?,20?,21?,22?,23?,24?/m0/s1. The van der Waals surface area contributed by atoms with Crippen LogP contribution in [-0.4, -0.2) is 109 Å². The fourth-order valence-electron chi connectivity index (χ4n) is 7.87. The minimum atomic E-state index is -2.97. The zero-order valence-corrected chi connectivity index (χ0v) is 22.3. The third-order valence-corrected chi connectivity index (χ3v) is 11.3. The zero-order valence-electron chi connectivity index (χ0n) is 21.5. The summed E-state index contributed by atoms with van der Waals surface area (Å²) in [5.41, 5.74) is 0. The lowest BCUT2D eigenvalue weighted by molar-refractivity contribution is -0.155. The molecule has 5 unspecified atom stereocenters. The third-order valence-electron chi connectivity index (χ3n) is 9.62. The van der Waals surface area contributed by atoms with Crippen molar-refractivity contribution in [1.29, 1.82) is 0 Å². The molecule has 0 aromatic carbocycles. The molecule has 3 aliphatic heterocycles. The number of fused-ring (bicyclic) bond motifs is 2. The number of carbonyl (C=O) groups excluding carboxylic acids is 2.